The van der Waals surface area contributed by atoms with Gasteiger partial charge < -0.3 is 5.32 Å². The van der Waals surface area contributed by atoms with Crippen molar-refractivity contribution in [2.45, 2.75) is 37.6 Å². The number of thiophene rings is 1. The van der Waals surface area contributed by atoms with E-state index >= 15 is 0 Å². The first-order valence-electron chi connectivity index (χ1n) is 9.03. The number of rotatable bonds is 6. The van der Waals surface area contributed by atoms with Crippen LogP contribution in [0.2, 0.25) is 0 Å². The lowest BCUT2D eigenvalue weighted by Crippen LogP contribution is -2.27. The van der Waals surface area contributed by atoms with Gasteiger partial charge in [0.2, 0.25) is 5.91 Å². The van der Waals surface area contributed by atoms with E-state index in [0.29, 0.717) is 24.3 Å². The molecule has 1 aromatic carbocycles. The monoisotopic (exact) mass is 401 g/mol. The van der Waals surface area contributed by atoms with E-state index in [-0.39, 0.29) is 11.7 Å². The maximum atomic E-state index is 13.6. The summed E-state index contributed by atoms with van der Waals surface area (Å²) in [6.07, 6.45) is 3.86. The largest absolute Gasteiger partial charge is 0.355 e. The van der Waals surface area contributed by atoms with E-state index in [9.17, 15) is 9.18 Å². The fourth-order valence-corrected chi connectivity index (χ4v) is 5.69. The summed E-state index contributed by atoms with van der Waals surface area (Å²) in [6.45, 7) is 2.31. The van der Waals surface area contributed by atoms with Crippen molar-refractivity contribution in [1.82, 2.24) is 15.3 Å². The van der Waals surface area contributed by atoms with Gasteiger partial charge in [-0.3, -0.25) is 4.79 Å². The molecule has 0 bridgehead atoms. The third-order valence-electron chi connectivity index (χ3n) is 4.66. The number of aromatic nitrogens is 2. The average molecular weight is 402 g/mol. The Hall–Kier alpha value is -1.99. The topological polar surface area (TPSA) is 54.9 Å². The molecule has 0 fully saturated rings. The molecule has 2 aromatic heterocycles. The predicted molar refractivity (Wildman–Crippen MR) is 108 cm³/mol. The number of amides is 1. The summed E-state index contributed by atoms with van der Waals surface area (Å²) < 4.78 is 13.6. The summed E-state index contributed by atoms with van der Waals surface area (Å²) in [5.41, 5.74) is 1.99. The number of carbonyl (C=O) groups excluding carboxylic acids is 1. The van der Waals surface area contributed by atoms with Gasteiger partial charge in [-0.2, -0.15) is 0 Å². The number of thioether (sulfide) groups is 1. The van der Waals surface area contributed by atoms with Gasteiger partial charge in [0.15, 0.2) is 0 Å². The van der Waals surface area contributed by atoms with Crippen LogP contribution in [0.4, 0.5) is 4.39 Å². The fraction of sp³-hybridized carbons (Fsp3) is 0.350. The number of halogens is 1. The lowest BCUT2D eigenvalue weighted by Gasteiger charge is -2.07. The Kier molecular flexibility index (Phi) is 5.41. The Bertz CT molecular complexity index is 1000. The second kappa shape index (κ2) is 7.94. The van der Waals surface area contributed by atoms with E-state index in [1.165, 1.54) is 34.7 Å². The second-order valence-corrected chi connectivity index (χ2v) is 8.64. The smallest absolute Gasteiger partial charge is 0.230 e. The zero-order chi connectivity index (χ0) is 18.8. The van der Waals surface area contributed by atoms with Crippen LogP contribution in [-0.2, 0) is 24.1 Å². The summed E-state index contributed by atoms with van der Waals surface area (Å²) in [6, 6.07) is 6.65. The van der Waals surface area contributed by atoms with Crippen LogP contribution in [0.5, 0.6) is 0 Å². The molecule has 1 aliphatic carbocycles. The molecular weight excluding hydrogens is 381 g/mol. The minimum absolute atomic E-state index is 0.0624. The molecule has 0 aliphatic heterocycles. The zero-order valence-corrected chi connectivity index (χ0v) is 16.7. The van der Waals surface area contributed by atoms with Crippen LogP contribution in [0.25, 0.3) is 10.2 Å². The second-order valence-electron chi connectivity index (χ2n) is 6.59. The third kappa shape index (κ3) is 3.99. The molecule has 140 valence electrons. The normalized spacial score (nSPS) is 13.1. The highest BCUT2D eigenvalue weighted by Gasteiger charge is 2.22. The quantitative estimate of drug-likeness (QED) is 0.500. The molecule has 1 N–H and O–H groups in total. The van der Waals surface area contributed by atoms with Crippen molar-refractivity contribution < 1.29 is 9.18 Å². The summed E-state index contributed by atoms with van der Waals surface area (Å²) in [4.78, 5) is 23.8. The standard InChI is InChI=1S/C20H20FN3OS2/c1-12-23-19(18-14-6-4-8-16(14)27-20(18)24-12)26-11-17(25)22-10-9-13-5-2-3-7-15(13)21/h2-3,5,7H,4,6,8-11H2,1H3,(H,22,25). The number of hydrogen-bond donors (Lipinski definition) is 1. The lowest BCUT2D eigenvalue weighted by atomic mass is 10.1. The molecule has 7 heteroatoms. The minimum Gasteiger partial charge on any atom is -0.355 e. The van der Waals surface area contributed by atoms with Gasteiger partial charge in [-0.15, -0.1) is 11.3 Å². The Morgan fingerprint density at radius 1 is 1.30 bits per heavy atom. The van der Waals surface area contributed by atoms with Crippen LogP contribution in [0, 0.1) is 12.7 Å². The van der Waals surface area contributed by atoms with Gasteiger partial charge in [-0.1, -0.05) is 30.0 Å². The summed E-state index contributed by atoms with van der Waals surface area (Å²) in [5.74, 6) is 0.747. The number of aryl methyl sites for hydroxylation is 3. The predicted octanol–water partition coefficient (Wildman–Crippen LogP) is 4.08. The van der Waals surface area contributed by atoms with Crippen molar-refractivity contribution in [3.05, 3.63) is 51.9 Å². The van der Waals surface area contributed by atoms with Crippen molar-refractivity contribution in [1.29, 1.82) is 0 Å². The van der Waals surface area contributed by atoms with Crippen LogP contribution in [0.1, 0.15) is 28.2 Å². The molecule has 2 heterocycles. The number of hydrogen-bond acceptors (Lipinski definition) is 5. The summed E-state index contributed by atoms with van der Waals surface area (Å²) >= 11 is 3.22. The van der Waals surface area contributed by atoms with Crippen LogP contribution in [0.3, 0.4) is 0 Å². The number of carbonyl (C=O) groups is 1. The van der Waals surface area contributed by atoms with Crippen LogP contribution in [0.15, 0.2) is 29.3 Å². The van der Waals surface area contributed by atoms with E-state index in [1.807, 2.05) is 6.92 Å². The van der Waals surface area contributed by atoms with E-state index in [1.54, 1.807) is 29.5 Å². The van der Waals surface area contributed by atoms with Crippen LogP contribution in [-0.4, -0.2) is 28.2 Å². The first-order valence-corrected chi connectivity index (χ1v) is 10.8. The van der Waals surface area contributed by atoms with Crippen LogP contribution < -0.4 is 5.32 Å². The van der Waals surface area contributed by atoms with Gasteiger partial charge in [0.25, 0.3) is 0 Å². The van der Waals surface area contributed by atoms with E-state index < -0.39 is 0 Å². The van der Waals surface area contributed by atoms with Gasteiger partial charge in [-0.25, -0.2) is 14.4 Å². The van der Waals surface area contributed by atoms with E-state index in [2.05, 4.69) is 15.3 Å². The molecule has 3 aromatic rings. The molecule has 27 heavy (non-hydrogen) atoms. The molecule has 0 atom stereocenters. The molecule has 4 nitrogen and oxygen atoms in total. The Balaban J connectivity index is 1.38. The van der Waals surface area contributed by atoms with Gasteiger partial charge in [0.05, 0.1) is 5.75 Å². The first kappa shape index (κ1) is 18.4. The SMILES string of the molecule is Cc1nc(SCC(=O)NCCc2ccccc2F)c2c3c(sc2n1)CCC3. The fourth-order valence-electron chi connectivity index (χ4n) is 3.39. The summed E-state index contributed by atoms with van der Waals surface area (Å²) in [7, 11) is 0. The van der Waals surface area contributed by atoms with Crippen molar-refractivity contribution in [2.75, 3.05) is 12.3 Å². The Morgan fingerprint density at radius 2 is 2.15 bits per heavy atom. The van der Waals surface area contributed by atoms with Crippen molar-refractivity contribution in [3.63, 3.8) is 0 Å². The highest BCUT2D eigenvalue weighted by molar-refractivity contribution is 8.00. The molecule has 0 saturated heterocycles. The molecule has 1 aliphatic rings. The molecule has 0 radical (unpaired) electrons. The van der Waals surface area contributed by atoms with E-state index in [4.69, 9.17) is 0 Å². The highest BCUT2D eigenvalue weighted by atomic mass is 32.2. The Morgan fingerprint density at radius 3 is 3.00 bits per heavy atom. The first-order chi connectivity index (χ1) is 13.1. The maximum Gasteiger partial charge on any atom is 0.230 e. The number of nitrogens with zero attached hydrogens (tertiary/aromatic N) is 2. The number of nitrogens with one attached hydrogen (secondary N) is 1. The van der Waals surface area contributed by atoms with Crippen molar-refractivity contribution >= 4 is 39.2 Å². The third-order valence-corrected chi connectivity index (χ3v) is 6.82. The lowest BCUT2D eigenvalue weighted by molar-refractivity contribution is -0.118. The molecule has 0 saturated carbocycles. The molecule has 0 spiro atoms. The summed E-state index contributed by atoms with van der Waals surface area (Å²) in [5, 5.41) is 4.92. The Labute approximate surface area is 165 Å². The average Bonchev–Trinajstić information content (AvgIpc) is 3.22. The van der Waals surface area contributed by atoms with Crippen LogP contribution >= 0.6 is 23.1 Å². The highest BCUT2D eigenvalue weighted by Crippen LogP contribution is 2.40. The molecule has 0 unspecified atom stereocenters. The van der Waals surface area contributed by atoms with Gasteiger partial charge in [0, 0.05) is 16.8 Å². The zero-order valence-electron chi connectivity index (χ0n) is 15.0. The van der Waals surface area contributed by atoms with E-state index in [0.717, 1.165) is 33.9 Å². The molecular formula is C20H20FN3OS2. The van der Waals surface area contributed by atoms with Crippen molar-refractivity contribution in [2.24, 2.45) is 0 Å². The molecule has 1 amide bonds. The van der Waals surface area contributed by atoms with Gasteiger partial charge >= 0.3 is 0 Å². The van der Waals surface area contributed by atoms with Gasteiger partial charge in [-0.05, 0) is 49.8 Å². The number of fused-ring (bicyclic) bond motifs is 3. The van der Waals surface area contributed by atoms with Crippen molar-refractivity contribution in [3.8, 4) is 0 Å². The number of benzene rings is 1. The van der Waals surface area contributed by atoms with Gasteiger partial charge in [0.1, 0.15) is 21.5 Å². The maximum absolute atomic E-state index is 13.6. The molecule has 4 rings (SSSR count). The minimum atomic E-state index is -0.230.